The van der Waals surface area contributed by atoms with Crippen LogP contribution in [-0.2, 0) is 4.79 Å². The summed E-state index contributed by atoms with van der Waals surface area (Å²) in [5.74, 6) is -0.410. The lowest BCUT2D eigenvalue weighted by molar-refractivity contribution is -0.125. The molecule has 0 bridgehead atoms. The average Bonchev–Trinajstić information content (AvgIpc) is 3.35. The van der Waals surface area contributed by atoms with Crippen LogP contribution in [0.2, 0.25) is 0 Å². The highest BCUT2D eigenvalue weighted by Gasteiger charge is 2.32. The van der Waals surface area contributed by atoms with Crippen molar-refractivity contribution >= 4 is 33.7 Å². The number of nitrogens with zero attached hydrogens (tertiary/aromatic N) is 5. The van der Waals surface area contributed by atoms with Crippen molar-refractivity contribution in [2.45, 2.75) is 12.5 Å². The van der Waals surface area contributed by atoms with Gasteiger partial charge in [-0.15, -0.1) is 0 Å². The van der Waals surface area contributed by atoms with Gasteiger partial charge < -0.3 is 10.6 Å². The number of hydrogen-bond donors (Lipinski definition) is 1. The molecule has 0 aliphatic carbocycles. The maximum atomic E-state index is 15.9. The number of anilines is 1. The number of fused-ring (bicyclic) bond motifs is 2. The van der Waals surface area contributed by atoms with Crippen molar-refractivity contribution in [3.8, 4) is 11.1 Å². The molecule has 7 nitrogen and oxygen atoms in total. The predicted octanol–water partition coefficient (Wildman–Crippen LogP) is 3.33. The zero-order chi connectivity index (χ0) is 20.8. The first kappa shape index (κ1) is 18.2. The molecule has 8 heteroatoms. The van der Waals surface area contributed by atoms with Crippen LogP contribution in [0.1, 0.15) is 12.5 Å². The summed E-state index contributed by atoms with van der Waals surface area (Å²) in [6.45, 7) is 4.44. The molecule has 0 saturated carbocycles. The molecule has 5 rings (SSSR count). The van der Waals surface area contributed by atoms with Crippen molar-refractivity contribution < 1.29 is 9.18 Å². The number of carbonyl (C=O) groups excluding carboxylic acids is 1. The maximum absolute atomic E-state index is 15.9. The summed E-state index contributed by atoms with van der Waals surface area (Å²) < 4.78 is 17.4. The predicted molar refractivity (Wildman–Crippen MR) is 113 cm³/mol. The fourth-order valence-electron chi connectivity index (χ4n) is 4.21. The van der Waals surface area contributed by atoms with Crippen LogP contribution in [0.5, 0.6) is 0 Å². The number of nitrogens with two attached hydrogens (primary N) is 1. The third kappa shape index (κ3) is 2.72. The van der Waals surface area contributed by atoms with Gasteiger partial charge in [0.1, 0.15) is 17.8 Å². The van der Waals surface area contributed by atoms with Crippen molar-refractivity contribution in [2.24, 2.45) is 0 Å². The molecule has 0 unspecified atom stereocenters. The van der Waals surface area contributed by atoms with Gasteiger partial charge in [-0.2, -0.15) is 4.39 Å². The number of amides is 1. The Morgan fingerprint density at radius 1 is 1.27 bits per heavy atom. The number of likely N-dealkylation sites (tertiary alicyclic amines) is 1. The minimum absolute atomic E-state index is 0.164. The molecule has 30 heavy (non-hydrogen) atoms. The first-order valence-corrected chi connectivity index (χ1v) is 9.65. The number of rotatable bonds is 3. The first-order chi connectivity index (χ1) is 14.6. The van der Waals surface area contributed by atoms with E-state index in [9.17, 15) is 4.79 Å². The normalized spacial score (nSPS) is 16.4. The van der Waals surface area contributed by atoms with Crippen LogP contribution < -0.4 is 5.73 Å². The van der Waals surface area contributed by atoms with Gasteiger partial charge in [0.25, 0.3) is 0 Å². The van der Waals surface area contributed by atoms with Gasteiger partial charge in [-0.1, -0.05) is 24.8 Å². The van der Waals surface area contributed by atoms with E-state index in [1.807, 2.05) is 30.3 Å². The Bertz CT molecular complexity index is 1310. The number of aromatic nitrogens is 4. The Kier molecular flexibility index (Phi) is 4.20. The summed E-state index contributed by atoms with van der Waals surface area (Å²) in [5, 5.41) is 1.36. The number of hydrogen-bond acceptors (Lipinski definition) is 5. The standard InChI is InChI=1S/C22H19FN6O/c1-2-17(30)28-8-7-15(11-28)29-20(23)18(19-21(24)26-12-27-22(19)29)14-9-13-5-3-4-6-16(13)25-10-14/h2-6,9-10,12,15H,1,7-8,11H2,(H2,24,26,27)/t15-/m1/s1. The molecule has 1 fully saturated rings. The number of benzene rings is 1. The van der Waals surface area contributed by atoms with Crippen LogP contribution in [0.25, 0.3) is 33.1 Å². The molecule has 0 spiro atoms. The molecule has 1 aromatic carbocycles. The highest BCUT2D eigenvalue weighted by atomic mass is 19.1. The molecule has 2 N–H and O–H groups in total. The second-order valence-corrected chi connectivity index (χ2v) is 7.34. The Hall–Kier alpha value is -3.81. The number of pyridine rings is 1. The van der Waals surface area contributed by atoms with Gasteiger partial charge in [0.2, 0.25) is 11.9 Å². The fraction of sp³-hybridized carbons (Fsp3) is 0.182. The van der Waals surface area contributed by atoms with Gasteiger partial charge in [0.05, 0.1) is 22.5 Å². The lowest BCUT2D eigenvalue weighted by Crippen LogP contribution is -2.27. The van der Waals surface area contributed by atoms with E-state index in [0.29, 0.717) is 41.7 Å². The van der Waals surface area contributed by atoms with Crippen LogP contribution in [0, 0.1) is 5.95 Å². The topological polar surface area (TPSA) is 89.9 Å². The van der Waals surface area contributed by atoms with E-state index in [4.69, 9.17) is 5.73 Å². The van der Waals surface area contributed by atoms with E-state index in [1.165, 1.54) is 17.0 Å². The van der Waals surface area contributed by atoms with Crippen molar-refractivity contribution in [1.29, 1.82) is 0 Å². The van der Waals surface area contributed by atoms with Gasteiger partial charge in [-0.25, -0.2) is 9.97 Å². The summed E-state index contributed by atoms with van der Waals surface area (Å²) in [7, 11) is 0. The Morgan fingerprint density at radius 2 is 2.10 bits per heavy atom. The van der Waals surface area contributed by atoms with Gasteiger partial charge in [0, 0.05) is 30.2 Å². The van der Waals surface area contributed by atoms with Crippen molar-refractivity contribution in [3.63, 3.8) is 0 Å². The zero-order valence-electron chi connectivity index (χ0n) is 16.1. The van der Waals surface area contributed by atoms with E-state index in [1.54, 1.807) is 11.1 Å². The van der Waals surface area contributed by atoms with Gasteiger partial charge >= 0.3 is 0 Å². The molecule has 3 aromatic heterocycles. The van der Waals surface area contributed by atoms with Crippen molar-refractivity contribution in [3.05, 3.63) is 61.5 Å². The van der Waals surface area contributed by atoms with E-state index in [2.05, 4.69) is 21.5 Å². The number of para-hydroxylation sites is 1. The monoisotopic (exact) mass is 402 g/mol. The Balaban J connectivity index is 1.70. The van der Waals surface area contributed by atoms with Gasteiger partial charge in [-0.05, 0) is 24.6 Å². The lowest BCUT2D eigenvalue weighted by Gasteiger charge is -2.16. The molecule has 0 radical (unpaired) electrons. The smallest absolute Gasteiger partial charge is 0.246 e. The second-order valence-electron chi connectivity index (χ2n) is 7.34. The van der Waals surface area contributed by atoms with E-state index < -0.39 is 5.95 Å². The number of halogens is 1. The quantitative estimate of drug-likeness (QED) is 0.531. The van der Waals surface area contributed by atoms with Crippen LogP contribution >= 0.6 is 0 Å². The third-order valence-corrected chi connectivity index (χ3v) is 5.65. The molecular formula is C22H19FN6O. The molecule has 4 aromatic rings. The third-order valence-electron chi connectivity index (χ3n) is 5.65. The summed E-state index contributed by atoms with van der Waals surface area (Å²) in [6, 6.07) is 9.28. The minimum Gasteiger partial charge on any atom is -0.383 e. The van der Waals surface area contributed by atoms with Crippen LogP contribution in [0.15, 0.2) is 55.5 Å². The Labute approximate surface area is 171 Å². The van der Waals surface area contributed by atoms with Gasteiger partial charge in [0.15, 0.2) is 0 Å². The number of nitrogen functional groups attached to an aromatic ring is 1. The van der Waals surface area contributed by atoms with E-state index in [-0.39, 0.29) is 17.8 Å². The molecule has 1 aliphatic rings. The molecule has 150 valence electrons. The average molecular weight is 402 g/mol. The Morgan fingerprint density at radius 3 is 2.93 bits per heavy atom. The van der Waals surface area contributed by atoms with Crippen molar-refractivity contribution in [2.75, 3.05) is 18.8 Å². The van der Waals surface area contributed by atoms with E-state index in [0.717, 1.165) is 10.9 Å². The highest BCUT2D eigenvalue weighted by molar-refractivity contribution is 6.02. The van der Waals surface area contributed by atoms with Crippen LogP contribution in [0.4, 0.5) is 10.2 Å². The van der Waals surface area contributed by atoms with E-state index >= 15 is 4.39 Å². The molecule has 4 heterocycles. The SMILES string of the molecule is C=CC(=O)N1CC[C@@H](n2c(F)c(-c3cnc4ccccc4c3)c3c(N)ncnc32)C1. The highest BCUT2D eigenvalue weighted by Crippen LogP contribution is 2.39. The van der Waals surface area contributed by atoms with Gasteiger partial charge in [-0.3, -0.25) is 14.3 Å². The molecular weight excluding hydrogens is 383 g/mol. The largest absolute Gasteiger partial charge is 0.383 e. The fourth-order valence-corrected chi connectivity index (χ4v) is 4.21. The van der Waals surface area contributed by atoms with Crippen LogP contribution in [0.3, 0.4) is 0 Å². The van der Waals surface area contributed by atoms with Crippen LogP contribution in [-0.4, -0.2) is 43.4 Å². The molecule has 1 amide bonds. The first-order valence-electron chi connectivity index (χ1n) is 9.65. The minimum atomic E-state index is -0.452. The molecule has 1 saturated heterocycles. The lowest BCUT2D eigenvalue weighted by atomic mass is 10.1. The summed E-state index contributed by atoms with van der Waals surface area (Å²) in [4.78, 5) is 26.5. The molecule has 1 atom stereocenters. The summed E-state index contributed by atoms with van der Waals surface area (Å²) in [6.07, 6.45) is 4.86. The molecule has 1 aliphatic heterocycles. The zero-order valence-corrected chi connectivity index (χ0v) is 16.1. The number of carbonyl (C=O) groups is 1. The summed E-state index contributed by atoms with van der Waals surface area (Å²) in [5.41, 5.74) is 8.33. The second kappa shape index (κ2) is 6.91. The maximum Gasteiger partial charge on any atom is 0.246 e. The van der Waals surface area contributed by atoms with Crippen molar-refractivity contribution in [1.82, 2.24) is 24.4 Å². The summed E-state index contributed by atoms with van der Waals surface area (Å²) >= 11 is 0.